The van der Waals surface area contributed by atoms with E-state index in [0.29, 0.717) is 10.5 Å². The van der Waals surface area contributed by atoms with E-state index in [1.54, 1.807) is 0 Å². The summed E-state index contributed by atoms with van der Waals surface area (Å²) in [7, 11) is -6.66. The molecule has 17 nitrogen and oxygen atoms in total. The Labute approximate surface area is 282 Å². The van der Waals surface area contributed by atoms with Crippen molar-refractivity contribution in [2.75, 3.05) is 13.1 Å². The minimum absolute atomic E-state index is 0.0118. The molecule has 0 aromatic heterocycles. The second kappa shape index (κ2) is 13.8. The lowest BCUT2D eigenvalue weighted by molar-refractivity contribution is -0.154. The molecule has 0 bridgehead atoms. The Kier molecular flexibility index (Phi) is 9.88. The van der Waals surface area contributed by atoms with Crippen molar-refractivity contribution in [3.63, 3.8) is 0 Å². The van der Waals surface area contributed by atoms with Crippen molar-refractivity contribution in [3.8, 4) is 17.2 Å². The molecule has 0 radical (unpaired) electrons. The quantitative estimate of drug-likeness (QED) is 0.0383. The number of aromatic carboxylic acids is 1. The molecule has 0 spiro atoms. The number of carbonyl (C=O) groups is 4. The number of nitrogens with two attached hydrogens (primary N) is 1. The molecule has 1 fully saturated rings. The van der Waals surface area contributed by atoms with E-state index in [-0.39, 0.29) is 54.2 Å². The van der Waals surface area contributed by atoms with Gasteiger partial charge in [-0.1, -0.05) is 24.3 Å². The third-order valence-corrected chi connectivity index (χ3v) is 9.21. The zero-order valence-corrected chi connectivity index (χ0v) is 27.0. The van der Waals surface area contributed by atoms with Crippen molar-refractivity contribution >= 4 is 49.7 Å². The maximum absolute atomic E-state index is 14.2. The van der Waals surface area contributed by atoms with Gasteiger partial charge in [-0.2, -0.15) is 0 Å². The minimum atomic E-state index is -4.81. The van der Waals surface area contributed by atoms with Crippen LogP contribution in [0.1, 0.15) is 38.7 Å². The first-order chi connectivity index (χ1) is 23.5. The third kappa shape index (κ3) is 7.11. The topological polar surface area (TPSA) is 273 Å². The van der Waals surface area contributed by atoms with Crippen LogP contribution in [0.2, 0.25) is 0 Å². The maximum atomic E-state index is 14.2. The Hall–Kier alpha value is -5.49. The van der Waals surface area contributed by atoms with Crippen LogP contribution in [0.3, 0.4) is 0 Å². The number of benzene rings is 3. The fraction of sp³-hybridized carbons (Fsp3) is 0.233. The van der Waals surface area contributed by atoms with E-state index in [2.05, 4.69) is 10.3 Å². The average Bonchev–Trinajstić information content (AvgIpc) is 3.05. The minimum Gasteiger partial charge on any atom is -0.534 e. The van der Waals surface area contributed by atoms with Crippen molar-refractivity contribution < 1.29 is 62.9 Å². The number of hydrogen-bond donors (Lipinski definition) is 8. The van der Waals surface area contributed by atoms with Crippen LogP contribution in [0.25, 0.3) is 0 Å². The molecule has 1 saturated heterocycles. The number of amidine groups is 1. The summed E-state index contributed by atoms with van der Waals surface area (Å²) in [5.74, 6) is -7.86. The zero-order valence-electron chi connectivity index (χ0n) is 26.1. The van der Waals surface area contributed by atoms with Crippen LogP contribution in [0.15, 0.2) is 53.5 Å². The van der Waals surface area contributed by atoms with Gasteiger partial charge < -0.3 is 50.7 Å². The maximum Gasteiger partial charge on any atom is 0.549 e. The van der Waals surface area contributed by atoms with Gasteiger partial charge >= 0.3 is 38.5 Å². The Morgan fingerprint density at radius 2 is 1.86 bits per heavy atom. The molecule has 0 aliphatic carbocycles. The van der Waals surface area contributed by atoms with E-state index < -0.39 is 78.8 Å². The first-order valence-corrected chi connectivity index (χ1v) is 16.4. The number of amides is 4. The summed E-state index contributed by atoms with van der Waals surface area (Å²) in [6.07, 6.45) is -0.200. The Morgan fingerprint density at radius 3 is 2.54 bits per heavy atom. The number of imide groups is 1. The van der Waals surface area contributed by atoms with E-state index in [9.17, 15) is 58.3 Å². The number of hydrogen-bond acceptors (Lipinski definition) is 10. The average molecular weight is 713 g/mol. The summed E-state index contributed by atoms with van der Waals surface area (Å²) in [5.41, 5.74) is 6.39. The summed E-state index contributed by atoms with van der Waals surface area (Å²) in [6, 6.07) is 6.98. The number of carboxylic acids is 1. The molecule has 262 valence electrons. The predicted octanol–water partition coefficient (Wildman–Crippen LogP) is 0.0488. The highest BCUT2D eigenvalue weighted by molar-refractivity contribution is 7.60. The molecular formula is C30H30BFN5O12P. The normalized spacial score (nSPS) is 17.3. The Bertz CT molecular complexity index is 1990. The molecule has 3 aromatic carbocycles. The Balaban J connectivity index is 1.41. The molecule has 3 aromatic rings. The van der Waals surface area contributed by atoms with Gasteiger partial charge in [0.2, 0.25) is 0 Å². The number of carbonyl (C=O) groups excluding carboxylic acids is 3. The van der Waals surface area contributed by atoms with Gasteiger partial charge in [0, 0.05) is 19.6 Å². The first kappa shape index (κ1) is 35.8. The molecule has 2 aliphatic heterocycles. The van der Waals surface area contributed by atoms with Crippen LogP contribution in [0, 0.1) is 12.7 Å². The highest BCUT2D eigenvalue weighted by Crippen LogP contribution is 2.35. The second-order valence-corrected chi connectivity index (χ2v) is 13.1. The predicted molar refractivity (Wildman–Crippen MR) is 172 cm³/mol. The number of nitrogens with one attached hydrogen (secondary N) is 1. The number of phenols is 2. The first-order valence-electron chi connectivity index (χ1n) is 14.8. The van der Waals surface area contributed by atoms with Gasteiger partial charge in [0.1, 0.15) is 34.9 Å². The van der Waals surface area contributed by atoms with Crippen LogP contribution in [-0.2, 0) is 27.1 Å². The number of aliphatic imine (C=N–C) groups is 1. The number of carboxylic acid groups (broad SMARTS) is 1. The highest BCUT2D eigenvalue weighted by atomic mass is 31.2. The van der Waals surface area contributed by atoms with Crippen LogP contribution in [-0.4, -0.2) is 95.7 Å². The summed E-state index contributed by atoms with van der Waals surface area (Å²) >= 11 is 0. The number of aromatic hydroxyl groups is 2. The van der Waals surface area contributed by atoms with E-state index in [1.165, 1.54) is 37.3 Å². The standard InChI is InChI=1S/C30H30BFN5O12P/c1-14-17(6-8-20(38)24(14)39)13-36-9-10-37(28(41)27(36)40)30(44)35-23(15-3-2-4-18(11-15)50(46,47)48)26(33)34-21-12-16-5-7-19(32)22(29(42)43)25(16)49-31(21)45/h2-8,11,21,23,38-39,45H,9-10,12-13H2,1H3,(H2,33,34)(H,35,44)(H,42,43)(H2,46,47,48)/t21-,23-/m0/s1. The number of fused-ring (bicyclic) bond motifs is 1. The smallest absolute Gasteiger partial charge is 0.534 e. The summed E-state index contributed by atoms with van der Waals surface area (Å²) in [5, 5.41) is 41.8. The van der Waals surface area contributed by atoms with Crippen molar-refractivity contribution in [2.24, 2.45) is 10.7 Å². The summed E-state index contributed by atoms with van der Waals surface area (Å²) in [6.45, 7) is 0.982. The number of piperazine rings is 1. The molecule has 9 N–H and O–H groups in total. The van der Waals surface area contributed by atoms with E-state index in [1.807, 2.05) is 0 Å². The fourth-order valence-electron chi connectivity index (χ4n) is 5.54. The number of phenolic OH excluding ortho intramolecular Hbond substituents is 2. The highest BCUT2D eigenvalue weighted by Gasteiger charge is 2.40. The number of rotatable bonds is 8. The molecule has 2 atom stereocenters. The summed E-state index contributed by atoms with van der Waals surface area (Å²) in [4.78, 5) is 76.8. The molecule has 2 aliphatic rings. The number of urea groups is 1. The van der Waals surface area contributed by atoms with Crippen molar-refractivity contribution in [3.05, 3.63) is 82.2 Å². The molecule has 20 heteroatoms. The van der Waals surface area contributed by atoms with Gasteiger partial charge in [0.15, 0.2) is 11.5 Å². The molecule has 2 heterocycles. The van der Waals surface area contributed by atoms with E-state index >= 15 is 0 Å². The van der Waals surface area contributed by atoms with Crippen LogP contribution in [0.5, 0.6) is 17.2 Å². The molecule has 50 heavy (non-hydrogen) atoms. The molecule has 5 rings (SSSR count). The molecule has 0 unspecified atom stereocenters. The lowest BCUT2D eigenvalue weighted by Crippen LogP contribution is -2.58. The van der Waals surface area contributed by atoms with Gasteiger partial charge in [-0.3, -0.25) is 24.0 Å². The molecule has 0 saturated carbocycles. The SMILES string of the molecule is Cc1c(CN2CCN(C(=O)N[C@H](/C(N)=N/[C@H]3Cc4ccc(F)c(C(=O)O)c4OB3O)c3cccc(P(=O)(O)O)c3)C(=O)C2=O)ccc(O)c1O. The Morgan fingerprint density at radius 1 is 1.14 bits per heavy atom. The zero-order chi connectivity index (χ0) is 36.7. The third-order valence-electron chi connectivity index (χ3n) is 8.25. The second-order valence-electron chi connectivity index (χ2n) is 11.5. The van der Waals surface area contributed by atoms with Crippen molar-refractivity contribution in [2.45, 2.75) is 31.9 Å². The van der Waals surface area contributed by atoms with E-state index in [0.717, 1.165) is 23.1 Å². The van der Waals surface area contributed by atoms with Crippen molar-refractivity contribution in [1.29, 1.82) is 0 Å². The van der Waals surface area contributed by atoms with Gasteiger partial charge in [-0.05, 0) is 59.9 Å². The van der Waals surface area contributed by atoms with Gasteiger partial charge in [0.25, 0.3) is 0 Å². The largest absolute Gasteiger partial charge is 0.549 e. The van der Waals surface area contributed by atoms with E-state index in [4.69, 9.17) is 10.4 Å². The van der Waals surface area contributed by atoms with Gasteiger partial charge in [-0.15, -0.1) is 0 Å². The van der Waals surface area contributed by atoms with Crippen LogP contribution < -0.4 is 21.0 Å². The van der Waals surface area contributed by atoms with Gasteiger partial charge in [0.05, 0.1) is 5.30 Å². The van der Waals surface area contributed by atoms with Crippen molar-refractivity contribution in [1.82, 2.24) is 15.1 Å². The lowest BCUT2D eigenvalue weighted by atomic mass is 9.72. The van der Waals surface area contributed by atoms with Crippen LogP contribution >= 0.6 is 7.60 Å². The number of nitrogens with zero attached hydrogens (tertiary/aromatic N) is 3. The molecule has 4 amide bonds. The summed E-state index contributed by atoms with van der Waals surface area (Å²) < 4.78 is 31.5. The monoisotopic (exact) mass is 713 g/mol. The lowest BCUT2D eigenvalue weighted by Gasteiger charge is -2.34. The van der Waals surface area contributed by atoms with Crippen LogP contribution in [0.4, 0.5) is 9.18 Å². The van der Waals surface area contributed by atoms with Gasteiger partial charge in [-0.25, -0.2) is 14.0 Å². The fourth-order valence-corrected chi connectivity index (χ4v) is 6.13. The molecular weight excluding hydrogens is 683 g/mol. The number of halogens is 1.